The van der Waals surface area contributed by atoms with Crippen molar-refractivity contribution in [3.63, 3.8) is 0 Å². The lowest BCUT2D eigenvalue weighted by Gasteiger charge is -2.27. The largest absolute Gasteiger partial charge is 0.378 e. The van der Waals surface area contributed by atoms with Crippen LogP contribution in [-0.2, 0) is 4.74 Å². The van der Waals surface area contributed by atoms with Crippen molar-refractivity contribution in [1.29, 1.82) is 0 Å². The molecule has 2 aliphatic rings. The molecule has 2 aromatic rings. The molecule has 1 amide bonds. The number of carbonyl (C=O) groups is 1. The number of likely N-dealkylation sites (tertiary alicyclic amines) is 1. The molecule has 0 unspecified atom stereocenters. The normalized spacial score (nSPS) is 23.2. The fraction of sp³-hybridized carbons (Fsp3) is 0.421. The SMILES string of the molecule is O=C(N[C@H]1COC[C@@H]1N1CCCC1)c1cccc(-c2cc(=O)[nH]cn2)c1. The van der Waals surface area contributed by atoms with Crippen LogP contribution in [0.25, 0.3) is 11.3 Å². The maximum atomic E-state index is 12.7. The second-order valence-electron chi connectivity index (χ2n) is 6.81. The summed E-state index contributed by atoms with van der Waals surface area (Å²) < 4.78 is 5.62. The Morgan fingerprint density at radius 3 is 2.88 bits per heavy atom. The van der Waals surface area contributed by atoms with Gasteiger partial charge in [0.1, 0.15) is 0 Å². The fourth-order valence-electron chi connectivity index (χ4n) is 3.71. The Bertz CT molecular complexity index is 844. The highest BCUT2D eigenvalue weighted by molar-refractivity contribution is 5.95. The first-order valence-electron chi connectivity index (χ1n) is 8.98. The van der Waals surface area contributed by atoms with E-state index in [0.717, 1.165) is 18.7 Å². The molecule has 1 aromatic carbocycles. The summed E-state index contributed by atoms with van der Waals surface area (Å²) in [7, 11) is 0. The quantitative estimate of drug-likeness (QED) is 0.856. The Morgan fingerprint density at radius 1 is 1.23 bits per heavy atom. The standard InChI is InChI=1S/C19H22N4O3/c24-18-9-15(20-12-21-18)13-4-3-5-14(8-13)19(25)22-16-10-26-11-17(16)23-6-1-2-7-23/h3-5,8-9,12,16-17H,1-2,6-7,10-11H2,(H,22,25)(H,20,21,24)/t16-,17-/m0/s1. The van der Waals surface area contributed by atoms with E-state index in [1.165, 1.54) is 25.2 Å². The van der Waals surface area contributed by atoms with E-state index in [1.807, 2.05) is 6.07 Å². The zero-order valence-corrected chi connectivity index (χ0v) is 14.5. The smallest absolute Gasteiger partial charge is 0.251 e. The van der Waals surface area contributed by atoms with Crippen LogP contribution in [0, 0.1) is 0 Å². The molecule has 2 atom stereocenters. The first-order valence-corrected chi connectivity index (χ1v) is 8.98. The molecule has 7 heteroatoms. The molecule has 0 aliphatic carbocycles. The summed E-state index contributed by atoms with van der Waals surface area (Å²) in [5, 5.41) is 3.12. The van der Waals surface area contributed by atoms with Crippen LogP contribution in [0.1, 0.15) is 23.2 Å². The Morgan fingerprint density at radius 2 is 2.08 bits per heavy atom. The maximum Gasteiger partial charge on any atom is 0.251 e. The van der Waals surface area contributed by atoms with Crippen molar-refractivity contribution in [2.75, 3.05) is 26.3 Å². The van der Waals surface area contributed by atoms with Crippen LogP contribution in [0.5, 0.6) is 0 Å². The van der Waals surface area contributed by atoms with Gasteiger partial charge in [0.25, 0.3) is 11.5 Å². The van der Waals surface area contributed by atoms with Crippen LogP contribution in [0.15, 0.2) is 41.5 Å². The third kappa shape index (κ3) is 3.54. The number of benzene rings is 1. The van der Waals surface area contributed by atoms with Crippen LogP contribution < -0.4 is 10.9 Å². The van der Waals surface area contributed by atoms with Gasteiger partial charge in [0.2, 0.25) is 0 Å². The summed E-state index contributed by atoms with van der Waals surface area (Å²) in [5.41, 5.74) is 1.61. The summed E-state index contributed by atoms with van der Waals surface area (Å²) in [6, 6.07) is 8.84. The number of hydrogen-bond donors (Lipinski definition) is 2. The van der Waals surface area contributed by atoms with Gasteiger partial charge in [0.15, 0.2) is 0 Å². The topological polar surface area (TPSA) is 87.3 Å². The Labute approximate surface area is 151 Å². The van der Waals surface area contributed by atoms with Gasteiger partial charge in [-0.2, -0.15) is 0 Å². The predicted molar refractivity (Wildman–Crippen MR) is 97.0 cm³/mol. The minimum absolute atomic E-state index is 0.00181. The Hall–Kier alpha value is -2.51. The van der Waals surface area contributed by atoms with Gasteiger partial charge in [0, 0.05) is 17.2 Å². The van der Waals surface area contributed by atoms with E-state index in [-0.39, 0.29) is 23.6 Å². The molecule has 0 saturated carbocycles. The summed E-state index contributed by atoms with van der Waals surface area (Å²) >= 11 is 0. The molecule has 2 fully saturated rings. The number of ether oxygens (including phenoxy) is 1. The van der Waals surface area contributed by atoms with Crippen LogP contribution >= 0.6 is 0 Å². The van der Waals surface area contributed by atoms with Crippen molar-refractivity contribution in [2.24, 2.45) is 0 Å². The molecule has 2 N–H and O–H groups in total. The average Bonchev–Trinajstić information content (AvgIpc) is 3.33. The molecule has 3 heterocycles. The highest BCUT2D eigenvalue weighted by Crippen LogP contribution is 2.20. The lowest BCUT2D eigenvalue weighted by atomic mass is 10.1. The van der Waals surface area contributed by atoms with Crippen LogP contribution in [0.3, 0.4) is 0 Å². The number of aromatic amines is 1. The second-order valence-corrected chi connectivity index (χ2v) is 6.81. The summed E-state index contributed by atoms with van der Waals surface area (Å²) in [6.45, 7) is 3.36. The van der Waals surface area contributed by atoms with E-state index in [4.69, 9.17) is 4.74 Å². The summed E-state index contributed by atoms with van der Waals surface area (Å²) in [5.74, 6) is -0.128. The molecule has 1 aromatic heterocycles. The molecular formula is C19H22N4O3. The predicted octanol–water partition coefficient (Wildman–Crippen LogP) is 1.03. The second kappa shape index (κ2) is 7.39. The number of hydrogen-bond acceptors (Lipinski definition) is 5. The third-order valence-electron chi connectivity index (χ3n) is 5.08. The first kappa shape index (κ1) is 16.9. The van der Waals surface area contributed by atoms with Gasteiger partial charge < -0.3 is 15.0 Å². The van der Waals surface area contributed by atoms with Gasteiger partial charge in [-0.25, -0.2) is 4.98 Å². The minimum atomic E-state index is -0.221. The lowest BCUT2D eigenvalue weighted by molar-refractivity contribution is 0.0916. The van der Waals surface area contributed by atoms with Crippen LogP contribution in [0.4, 0.5) is 0 Å². The van der Waals surface area contributed by atoms with Crippen LogP contribution in [-0.4, -0.2) is 59.2 Å². The summed E-state index contributed by atoms with van der Waals surface area (Å²) in [6.07, 6.45) is 3.78. The van der Waals surface area contributed by atoms with Crippen molar-refractivity contribution in [3.05, 3.63) is 52.6 Å². The Kier molecular flexibility index (Phi) is 4.81. The van der Waals surface area contributed by atoms with Crippen molar-refractivity contribution in [2.45, 2.75) is 24.9 Å². The maximum absolute atomic E-state index is 12.7. The van der Waals surface area contributed by atoms with E-state index in [1.54, 1.807) is 18.2 Å². The van der Waals surface area contributed by atoms with Crippen molar-refractivity contribution in [1.82, 2.24) is 20.2 Å². The molecule has 2 saturated heterocycles. The molecule has 0 radical (unpaired) electrons. The van der Waals surface area contributed by atoms with E-state index in [2.05, 4.69) is 20.2 Å². The van der Waals surface area contributed by atoms with E-state index < -0.39 is 0 Å². The molecular weight excluding hydrogens is 332 g/mol. The van der Waals surface area contributed by atoms with E-state index >= 15 is 0 Å². The van der Waals surface area contributed by atoms with Gasteiger partial charge in [-0.05, 0) is 38.1 Å². The van der Waals surface area contributed by atoms with Crippen LogP contribution in [0.2, 0.25) is 0 Å². The number of carbonyl (C=O) groups excluding carboxylic acids is 1. The molecule has 136 valence electrons. The van der Waals surface area contributed by atoms with Gasteiger partial charge in [0.05, 0.1) is 37.3 Å². The van der Waals surface area contributed by atoms with Gasteiger partial charge in [-0.15, -0.1) is 0 Å². The Balaban J connectivity index is 1.49. The molecule has 0 spiro atoms. The van der Waals surface area contributed by atoms with Crippen molar-refractivity contribution in [3.8, 4) is 11.3 Å². The molecule has 7 nitrogen and oxygen atoms in total. The number of amides is 1. The summed E-state index contributed by atoms with van der Waals surface area (Å²) in [4.78, 5) is 33.3. The highest BCUT2D eigenvalue weighted by atomic mass is 16.5. The molecule has 4 rings (SSSR count). The van der Waals surface area contributed by atoms with E-state index in [0.29, 0.717) is 24.5 Å². The number of nitrogens with zero attached hydrogens (tertiary/aromatic N) is 2. The fourth-order valence-corrected chi connectivity index (χ4v) is 3.71. The minimum Gasteiger partial charge on any atom is -0.378 e. The third-order valence-corrected chi connectivity index (χ3v) is 5.08. The lowest BCUT2D eigenvalue weighted by Crippen LogP contribution is -2.50. The average molecular weight is 354 g/mol. The van der Waals surface area contributed by atoms with E-state index in [9.17, 15) is 9.59 Å². The number of nitrogens with one attached hydrogen (secondary N) is 2. The van der Waals surface area contributed by atoms with Gasteiger partial charge in [-0.3, -0.25) is 14.5 Å². The van der Waals surface area contributed by atoms with Gasteiger partial charge >= 0.3 is 0 Å². The molecule has 26 heavy (non-hydrogen) atoms. The number of rotatable bonds is 4. The molecule has 2 aliphatic heterocycles. The molecule has 0 bridgehead atoms. The van der Waals surface area contributed by atoms with Crippen molar-refractivity contribution < 1.29 is 9.53 Å². The zero-order chi connectivity index (χ0) is 17.9. The monoisotopic (exact) mass is 354 g/mol. The van der Waals surface area contributed by atoms with Gasteiger partial charge in [-0.1, -0.05) is 12.1 Å². The highest BCUT2D eigenvalue weighted by Gasteiger charge is 2.35. The number of H-pyrrole nitrogens is 1. The zero-order valence-electron chi connectivity index (χ0n) is 14.5. The first-order chi connectivity index (χ1) is 12.7. The number of aromatic nitrogens is 2. The van der Waals surface area contributed by atoms with Crippen molar-refractivity contribution >= 4 is 5.91 Å².